The highest BCUT2D eigenvalue weighted by molar-refractivity contribution is 5.83. The summed E-state index contributed by atoms with van der Waals surface area (Å²) in [5.74, 6) is -0.828. The molecule has 0 aliphatic heterocycles. The van der Waals surface area contributed by atoms with Gasteiger partial charge in [0.1, 0.15) is 11.2 Å². The van der Waals surface area contributed by atoms with Gasteiger partial charge in [0.15, 0.2) is 0 Å². The zero-order valence-electron chi connectivity index (χ0n) is 7.84. The monoisotopic (exact) mass is 187 g/mol. The van der Waals surface area contributed by atoms with E-state index in [4.69, 9.17) is 5.73 Å². The molecule has 2 saturated carbocycles. The molecule has 2 aliphatic rings. The van der Waals surface area contributed by atoms with Crippen LogP contribution in [0.1, 0.15) is 19.8 Å². The van der Waals surface area contributed by atoms with Crippen LogP contribution in [0.2, 0.25) is 0 Å². The number of nitrogens with two attached hydrogens (primary N) is 1. The van der Waals surface area contributed by atoms with Crippen LogP contribution in [0.3, 0.4) is 0 Å². The second kappa shape index (κ2) is 2.23. The molecule has 3 nitrogen and oxygen atoms in total. The van der Waals surface area contributed by atoms with E-state index in [1.165, 1.54) is 14.0 Å². The molecular formula is C9H14FNO2. The summed E-state index contributed by atoms with van der Waals surface area (Å²) >= 11 is 0. The molecule has 2 fully saturated rings. The van der Waals surface area contributed by atoms with Crippen LogP contribution in [0.4, 0.5) is 4.39 Å². The SMILES string of the molecule is COC(=O)C1(N)CCC2C1[C@]2(C)F. The third-order valence-corrected chi connectivity index (χ3v) is 3.62. The maximum atomic E-state index is 13.6. The first-order valence-corrected chi connectivity index (χ1v) is 4.51. The van der Waals surface area contributed by atoms with Crippen molar-refractivity contribution in [3.05, 3.63) is 0 Å². The second-order valence-corrected chi connectivity index (χ2v) is 4.31. The van der Waals surface area contributed by atoms with E-state index in [2.05, 4.69) is 4.74 Å². The first kappa shape index (κ1) is 8.94. The lowest BCUT2D eigenvalue weighted by Crippen LogP contribution is -2.51. The topological polar surface area (TPSA) is 52.3 Å². The van der Waals surface area contributed by atoms with Gasteiger partial charge in [-0.3, -0.25) is 4.79 Å². The number of carbonyl (C=O) groups is 1. The highest BCUT2D eigenvalue weighted by Crippen LogP contribution is 2.66. The minimum absolute atomic E-state index is 0.0309. The van der Waals surface area contributed by atoms with Crippen molar-refractivity contribution >= 4 is 5.97 Å². The molecule has 0 heterocycles. The summed E-state index contributed by atoms with van der Waals surface area (Å²) in [6.07, 6.45) is 1.25. The first-order valence-electron chi connectivity index (χ1n) is 4.51. The summed E-state index contributed by atoms with van der Waals surface area (Å²) in [5, 5.41) is 0. The van der Waals surface area contributed by atoms with E-state index in [-0.39, 0.29) is 11.8 Å². The van der Waals surface area contributed by atoms with Crippen molar-refractivity contribution in [2.75, 3.05) is 7.11 Å². The van der Waals surface area contributed by atoms with Crippen molar-refractivity contribution < 1.29 is 13.9 Å². The third-order valence-electron chi connectivity index (χ3n) is 3.62. The van der Waals surface area contributed by atoms with Crippen LogP contribution < -0.4 is 5.73 Å². The van der Waals surface area contributed by atoms with Crippen molar-refractivity contribution in [3.8, 4) is 0 Å². The van der Waals surface area contributed by atoms with Crippen LogP contribution >= 0.6 is 0 Å². The fourth-order valence-electron chi connectivity index (χ4n) is 2.85. The number of carbonyl (C=O) groups excluding carboxylic acids is 1. The number of fused-ring (bicyclic) bond motifs is 1. The van der Waals surface area contributed by atoms with E-state index < -0.39 is 17.2 Å². The summed E-state index contributed by atoms with van der Waals surface area (Å²) in [7, 11) is 1.29. The lowest BCUT2D eigenvalue weighted by Gasteiger charge is -2.24. The zero-order valence-corrected chi connectivity index (χ0v) is 7.84. The number of hydrogen-bond acceptors (Lipinski definition) is 3. The van der Waals surface area contributed by atoms with Crippen LogP contribution in [0.5, 0.6) is 0 Å². The lowest BCUT2D eigenvalue weighted by atomic mass is 9.91. The molecule has 0 spiro atoms. The molecule has 74 valence electrons. The molecular weight excluding hydrogens is 173 g/mol. The molecule has 0 aromatic heterocycles. The Morgan fingerprint density at radius 1 is 1.69 bits per heavy atom. The molecule has 2 aliphatic carbocycles. The predicted octanol–water partition coefficient (Wildman–Crippen LogP) is 0.625. The maximum absolute atomic E-state index is 13.6. The molecule has 0 bridgehead atoms. The summed E-state index contributed by atoms with van der Waals surface area (Å²) in [5.41, 5.74) is 3.54. The Balaban J connectivity index is 2.22. The van der Waals surface area contributed by atoms with Gasteiger partial charge in [-0.2, -0.15) is 0 Å². The minimum atomic E-state index is -1.25. The lowest BCUT2D eigenvalue weighted by molar-refractivity contribution is -0.148. The van der Waals surface area contributed by atoms with Gasteiger partial charge in [0.25, 0.3) is 0 Å². The standard InChI is InChI=1S/C9H14FNO2/c1-8(10)5-3-4-9(11,6(5)8)7(12)13-2/h5-6H,3-4,11H2,1-2H3/t5?,6?,8-,9?/m1/s1. The smallest absolute Gasteiger partial charge is 0.326 e. The van der Waals surface area contributed by atoms with Gasteiger partial charge < -0.3 is 10.5 Å². The van der Waals surface area contributed by atoms with Gasteiger partial charge in [-0.1, -0.05) is 0 Å². The third kappa shape index (κ3) is 0.894. The molecule has 2 rings (SSSR count). The van der Waals surface area contributed by atoms with Crippen molar-refractivity contribution in [2.24, 2.45) is 17.6 Å². The Bertz CT molecular complexity index is 266. The zero-order chi connectivity index (χ0) is 9.85. The molecule has 0 radical (unpaired) electrons. The molecule has 0 amide bonds. The summed E-state index contributed by atoms with van der Waals surface area (Å²) < 4.78 is 18.2. The van der Waals surface area contributed by atoms with Crippen molar-refractivity contribution in [3.63, 3.8) is 0 Å². The van der Waals surface area contributed by atoms with Crippen LogP contribution in [-0.4, -0.2) is 24.3 Å². The Kier molecular flexibility index (Phi) is 1.54. The van der Waals surface area contributed by atoms with E-state index in [1.807, 2.05) is 0 Å². The Labute approximate surface area is 76.4 Å². The van der Waals surface area contributed by atoms with Crippen LogP contribution in [-0.2, 0) is 9.53 Å². The molecule has 4 atom stereocenters. The molecule has 3 unspecified atom stereocenters. The molecule has 4 heteroatoms. The van der Waals surface area contributed by atoms with E-state index in [9.17, 15) is 9.18 Å². The van der Waals surface area contributed by atoms with E-state index >= 15 is 0 Å². The van der Waals surface area contributed by atoms with Gasteiger partial charge in [0, 0.05) is 11.8 Å². The molecule has 0 aromatic carbocycles. The number of esters is 1. The van der Waals surface area contributed by atoms with E-state index in [0.717, 1.165) is 0 Å². The molecule has 0 aromatic rings. The number of methoxy groups -OCH3 is 1. The van der Waals surface area contributed by atoms with Crippen molar-refractivity contribution in [2.45, 2.75) is 31.0 Å². The predicted molar refractivity (Wildman–Crippen MR) is 44.7 cm³/mol. The van der Waals surface area contributed by atoms with Crippen molar-refractivity contribution in [1.29, 1.82) is 0 Å². The average molecular weight is 187 g/mol. The Hall–Kier alpha value is -0.640. The van der Waals surface area contributed by atoms with Gasteiger partial charge in [-0.15, -0.1) is 0 Å². The fourth-order valence-corrected chi connectivity index (χ4v) is 2.85. The Morgan fingerprint density at radius 2 is 2.31 bits per heavy atom. The highest BCUT2D eigenvalue weighted by Gasteiger charge is 2.75. The molecule has 13 heavy (non-hydrogen) atoms. The van der Waals surface area contributed by atoms with E-state index in [0.29, 0.717) is 12.8 Å². The fraction of sp³-hybridized carbons (Fsp3) is 0.889. The highest BCUT2D eigenvalue weighted by atomic mass is 19.1. The largest absolute Gasteiger partial charge is 0.468 e. The van der Waals surface area contributed by atoms with Gasteiger partial charge in [-0.25, -0.2) is 4.39 Å². The quantitative estimate of drug-likeness (QED) is 0.612. The normalized spacial score (nSPS) is 52.9. The summed E-state index contributed by atoms with van der Waals surface area (Å²) in [6.45, 7) is 1.52. The van der Waals surface area contributed by atoms with Gasteiger partial charge in [-0.05, 0) is 19.8 Å². The van der Waals surface area contributed by atoms with Crippen molar-refractivity contribution in [1.82, 2.24) is 0 Å². The second-order valence-electron chi connectivity index (χ2n) is 4.31. The first-order chi connectivity index (χ1) is 5.94. The average Bonchev–Trinajstić information content (AvgIpc) is 2.42. The van der Waals surface area contributed by atoms with Crippen LogP contribution in [0, 0.1) is 11.8 Å². The number of alkyl halides is 1. The van der Waals surface area contributed by atoms with Crippen LogP contribution in [0.15, 0.2) is 0 Å². The van der Waals surface area contributed by atoms with Crippen LogP contribution in [0.25, 0.3) is 0 Å². The molecule has 2 N–H and O–H groups in total. The van der Waals surface area contributed by atoms with E-state index in [1.54, 1.807) is 0 Å². The van der Waals surface area contributed by atoms with Gasteiger partial charge in [0.05, 0.1) is 7.11 Å². The number of rotatable bonds is 1. The van der Waals surface area contributed by atoms with Gasteiger partial charge in [0.2, 0.25) is 0 Å². The summed E-state index contributed by atoms with van der Waals surface area (Å²) in [4.78, 5) is 11.3. The van der Waals surface area contributed by atoms with Gasteiger partial charge >= 0.3 is 5.97 Å². The minimum Gasteiger partial charge on any atom is -0.468 e. The summed E-state index contributed by atoms with van der Waals surface area (Å²) in [6, 6.07) is 0. The Morgan fingerprint density at radius 3 is 2.69 bits per heavy atom. The number of ether oxygens (including phenoxy) is 1. The maximum Gasteiger partial charge on any atom is 0.326 e. The molecule has 0 saturated heterocycles. The number of halogens is 1. The number of hydrogen-bond donors (Lipinski definition) is 1.